The number of rotatable bonds is 6. The van der Waals surface area contributed by atoms with Crippen LogP contribution in [0.4, 0.5) is 9.18 Å². The minimum Gasteiger partial charge on any atom is -0.444 e. The van der Waals surface area contributed by atoms with Crippen LogP contribution in [0, 0.1) is 17.1 Å². The third-order valence-corrected chi connectivity index (χ3v) is 3.02. The van der Waals surface area contributed by atoms with E-state index in [2.05, 4.69) is 20.9 Å². The molecule has 1 amide bonds. The molecular weight excluding hydrogens is 337 g/mol. The molecule has 1 rings (SSSR count). The highest BCUT2D eigenvalue weighted by molar-refractivity contribution is 5.79. The summed E-state index contributed by atoms with van der Waals surface area (Å²) < 4.78 is 19.0. The number of nitriles is 1. The van der Waals surface area contributed by atoms with Gasteiger partial charge in [-0.25, -0.2) is 14.2 Å². The van der Waals surface area contributed by atoms with Crippen molar-refractivity contribution in [1.29, 1.82) is 5.26 Å². The lowest BCUT2D eigenvalue weighted by atomic mass is 10.1. The van der Waals surface area contributed by atoms with Gasteiger partial charge in [0.05, 0.1) is 18.2 Å². The molecule has 0 aliphatic heterocycles. The molecule has 0 aliphatic carbocycles. The number of aliphatic imine (C=N–C) groups is 1. The van der Waals surface area contributed by atoms with Gasteiger partial charge in [-0.2, -0.15) is 5.26 Å². The zero-order valence-corrected chi connectivity index (χ0v) is 15.6. The SMILES string of the molecule is CCNC(=NCc1ccc(C#N)cc1F)NCCNC(=O)OC(C)(C)C. The largest absolute Gasteiger partial charge is 0.444 e. The highest BCUT2D eigenvalue weighted by atomic mass is 19.1. The first kappa shape index (κ1) is 21.2. The fourth-order valence-corrected chi connectivity index (χ4v) is 1.91. The minimum absolute atomic E-state index is 0.131. The Morgan fingerprint density at radius 3 is 2.54 bits per heavy atom. The normalized spacial score (nSPS) is 11.5. The lowest BCUT2D eigenvalue weighted by Gasteiger charge is -2.19. The second kappa shape index (κ2) is 10.2. The lowest BCUT2D eigenvalue weighted by molar-refractivity contribution is 0.0529. The molecule has 7 nitrogen and oxygen atoms in total. The van der Waals surface area contributed by atoms with E-state index < -0.39 is 17.5 Å². The van der Waals surface area contributed by atoms with Crippen molar-refractivity contribution >= 4 is 12.1 Å². The van der Waals surface area contributed by atoms with Crippen molar-refractivity contribution in [2.75, 3.05) is 19.6 Å². The minimum atomic E-state index is -0.543. The Morgan fingerprint density at radius 2 is 1.96 bits per heavy atom. The Bertz CT molecular complexity index is 677. The van der Waals surface area contributed by atoms with Crippen LogP contribution in [-0.2, 0) is 11.3 Å². The van der Waals surface area contributed by atoms with Crippen molar-refractivity contribution in [2.45, 2.75) is 39.8 Å². The number of hydrogen-bond donors (Lipinski definition) is 3. The fourth-order valence-electron chi connectivity index (χ4n) is 1.91. The molecule has 0 aliphatic rings. The van der Waals surface area contributed by atoms with Crippen LogP contribution in [0.15, 0.2) is 23.2 Å². The molecule has 0 radical (unpaired) electrons. The van der Waals surface area contributed by atoms with Gasteiger partial charge in [0.1, 0.15) is 11.4 Å². The second-order valence-electron chi connectivity index (χ2n) is 6.47. The molecule has 0 saturated carbocycles. The van der Waals surface area contributed by atoms with E-state index in [-0.39, 0.29) is 12.1 Å². The zero-order valence-electron chi connectivity index (χ0n) is 15.6. The van der Waals surface area contributed by atoms with Gasteiger partial charge in [-0.3, -0.25) is 0 Å². The maximum absolute atomic E-state index is 13.9. The number of nitrogens with zero attached hydrogens (tertiary/aromatic N) is 2. The van der Waals surface area contributed by atoms with Crippen molar-refractivity contribution in [1.82, 2.24) is 16.0 Å². The van der Waals surface area contributed by atoms with Crippen molar-refractivity contribution < 1.29 is 13.9 Å². The van der Waals surface area contributed by atoms with Crippen LogP contribution in [0.1, 0.15) is 38.8 Å². The Morgan fingerprint density at radius 1 is 1.27 bits per heavy atom. The van der Waals surface area contributed by atoms with E-state index >= 15 is 0 Å². The molecule has 1 aromatic carbocycles. The Balaban J connectivity index is 2.51. The van der Waals surface area contributed by atoms with Crippen LogP contribution in [-0.4, -0.2) is 37.3 Å². The number of hydrogen-bond acceptors (Lipinski definition) is 4. The predicted octanol–water partition coefficient (Wildman–Crippen LogP) is 2.28. The van der Waals surface area contributed by atoms with Gasteiger partial charge in [0.2, 0.25) is 0 Å². The third kappa shape index (κ3) is 8.33. The van der Waals surface area contributed by atoms with Crippen molar-refractivity contribution in [3.05, 3.63) is 35.1 Å². The number of alkyl carbamates (subject to hydrolysis) is 1. The van der Waals surface area contributed by atoms with E-state index in [4.69, 9.17) is 10.00 Å². The molecule has 0 unspecified atom stereocenters. The van der Waals surface area contributed by atoms with Gasteiger partial charge in [-0.1, -0.05) is 6.07 Å². The first-order valence-electron chi connectivity index (χ1n) is 8.42. The predicted molar refractivity (Wildman–Crippen MR) is 98.2 cm³/mol. The van der Waals surface area contributed by atoms with Gasteiger partial charge in [0, 0.05) is 25.2 Å². The topological polar surface area (TPSA) is 98.5 Å². The molecule has 0 fully saturated rings. The molecule has 0 bridgehead atoms. The maximum Gasteiger partial charge on any atom is 0.407 e. The molecular formula is C18H26FN5O2. The second-order valence-corrected chi connectivity index (χ2v) is 6.47. The average molecular weight is 363 g/mol. The number of nitrogens with one attached hydrogen (secondary N) is 3. The smallest absolute Gasteiger partial charge is 0.407 e. The van der Waals surface area contributed by atoms with Crippen molar-refractivity contribution in [3.8, 4) is 6.07 Å². The van der Waals surface area contributed by atoms with Crippen LogP contribution in [0.25, 0.3) is 0 Å². The quantitative estimate of drug-likeness (QED) is 0.409. The van der Waals surface area contributed by atoms with E-state index in [1.807, 2.05) is 13.0 Å². The van der Waals surface area contributed by atoms with E-state index in [1.54, 1.807) is 32.9 Å². The highest BCUT2D eigenvalue weighted by Gasteiger charge is 2.15. The number of carbonyl (C=O) groups is 1. The number of guanidine groups is 1. The number of benzene rings is 1. The van der Waals surface area contributed by atoms with E-state index in [0.717, 1.165) is 0 Å². The fraction of sp³-hybridized carbons (Fsp3) is 0.500. The first-order valence-corrected chi connectivity index (χ1v) is 8.42. The monoisotopic (exact) mass is 363 g/mol. The Labute approximate surface area is 153 Å². The summed E-state index contributed by atoms with van der Waals surface area (Å²) in [5.74, 6) is 0.0393. The summed E-state index contributed by atoms with van der Waals surface area (Å²) in [4.78, 5) is 15.9. The summed E-state index contributed by atoms with van der Waals surface area (Å²) in [6.07, 6.45) is -0.485. The van der Waals surface area contributed by atoms with Crippen LogP contribution < -0.4 is 16.0 Å². The molecule has 0 heterocycles. The molecule has 1 aromatic rings. The number of amides is 1. The first-order chi connectivity index (χ1) is 12.2. The van der Waals surface area contributed by atoms with Crippen LogP contribution in [0.2, 0.25) is 0 Å². The molecule has 0 atom stereocenters. The van der Waals surface area contributed by atoms with E-state index in [9.17, 15) is 9.18 Å². The summed E-state index contributed by atoms with van der Waals surface area (Å²) in [5, 5.41) is 17.5. The molecule has 8 heteroatoms. The highest BCUT2D eigenvalue weighted by Crippen LogP contribution is 2.11. The third-order valence-electron chi connectivity index (χ3n) is 3.02. The Kier molecular flexibility index (Phi) is 8.35. The van der Waals surface area contributed by atoms with Crippen LogP contribution in [0.5, 0.6) is 0 Å². The summed E-state index contributed by atoms with van der Waals surface area (Å²) in [7, 11) is 0. The molecule has 142 valence electrons. The van der Waals surface area contributed by atoms with E-state index in [1.165, 1.54) is 6.07 Å². The van der Waals surface area contributed by atoms with Gasteiger partial charge in [0.15, 0.2) is 5.96 Å². The molecule has 26 heavy (non-hydrogen) atoms. The van der Waals surface area contributed by atoms with Gasteiger partial charge in [-0.15, -0.1) is 0 Å². The maximum atomic E-state index is 13.9. The van der Waals surface area contributed by atoms with Gasteiger partial charge < -0.3 is 20.7 Å². The van der Waals surface area contributed by atoms with Gasteiger partial charge >= 0.3 is 6.09 Å². The molecule has 0 aromatic heterocycles. The van der Waals surface area contributed by atoms with Gasteiger partial charge in [0.25, 0.3) is 0 Å². The zero-order chi connectivity index (χ0) is 19.6. The average Bonchev–Trinajstić information content (AvgIpc) is 2.55. The summed E-state index contributed by atoms with van der Waals surface area (Å²) in [5.41, 5.74) is 0.126. The molecule has 0 spiro atoms. The summed E-state index contributed by atoms with van der Waals surface area (Å²) in [6, 6.07) is 6.18. The van der Waals surface area contributed by atoms with Gasteiger partial charge in [-0.05, 0) is 39.8 Å². The summed E-state index contributed by atoms with van der Waals surface area (Å²) in [6.45, 7) is 8.85. The van der Waals surface area contributed by atoms with Crippen LogP contribution in [0.3, 0.4) is 0 Å². The number of halogens is 1. The van der Waals surface area contributed by atoms with Crippen molar-refractivity contribution in [3.63, 3.8) is 0 Å². The number of carbonyl (C=O) groups excluding carboxylic acids is 1. The standard InChI is InChI=1S/C18H26FN5O2/c1-5-21-16(22-8-9-23-17(25)26-18(2,3)4)24-12-14-7-6-13(11-20)10-15(14)19/h6-7,10H,5,8-9,12H2,1-4H3,(H,23,25)(H2,21,22,24). The van der Waals surface area contributed by atoms with Crippen LogP contribution >= 0.6 is 0 Å². The van der Waals surface area contributed by atoms with E-state index in [0.29, 0.717) is 31.2 Å². The molecule has 3 N–H and O–H groups in total. The lowest BCUT2D eigenvalue weighted by Crippen LogP contribution is -2.42. The van der Waals surface area contributed by atoms with Crippen molar-refractivity contribution in [2.24, 2.45) is 4.99 Å². The molecule has 0 saturated heterocycles. The summed E-state index contributed by atoms with van der Waals surface area (Å²) >= 11 is 0. The number of ether oxygens (including phenoxy) is 1. The Hall–Kier alpha value is -2.82.